The molecule has 4 rings (SSSR count). The molecule has 1 atom stereocenters. The van der Waals surface area contributed by atoms with Crippen LogP contribution < -0.4 is 0 Å². The summed E-state index contributed by atoms with van der Waals surface area (Å²) < 4.78 is 3.40. The summed E-state index contributed by atoms with van der Waals surface area (Å²) in [6.45, 7) is 2.47. The van der Waals surface area contributed by atoms with E-state index in [1.807, 2.05) is 36.0 Å². The highest BCUT2D eigenvalue weighted by atomic mass is 79.9. The van der Waals surface area contributed by atoms with Crippen molar-refractivity contribution < 1.29 is 9.68 Å². The number of halogens is 1. The molecule has 3 nitrogen and oxygen atoms in total. The Labute approximate surface area is 161 Å². The van der Waals surface area contributed by atoms with Crippen LogP contribution in [0.3, 0.4) is 0 Å². The number of fused-ring (bicyclic) bond motifs is 1. The van der Waals surface area contributed by atoms with E-state index in [0.717, 1.165) is 41.7 Å². The van der Waals surface area contributed by atoms with Crippen molar-refractivity contribution in [2.75, 3.05) is 25.4 Å². The molecular weight excluding hydrogens is 396 g/mol. The zero-order valence-electron chi connectivity index (χ0n) is 14.1. The van der Waals surface area contributed by atoms with Gasteiger partial charge in [0, 0.05) is 22.2 Å². The number of aliphatic hydroxyl groups is 1. The molecule has 0 aromatic heterocycles. The van der Waals surface area contributed by atoms with Gasteiger partial charge in [0.25, 0.3) is 5.72 Å². The molecule has 0 spiro atoms. The lowest BCUT2D eigenvalue weighted by atomic mass is 10.0. The van der Waals surface area contributed by atoms with Crippen molar-refractivity contribution in [3.63, 3.8) is 0 Å². The number of benzene rings is 2. The molecule has 2 aliphatic rings. The lowest BCUT2D eigenvalue weighted by molar-refractivity contribution is -0.531. The molecule has 1 saturated heterocycles. The van der Waals surface area contributed by atoms with E-state index in [0.29, 0.717) is 6.54 Å². The number of hydrogen-bond acceptors (Lipinski definition) is 3. The monoisotopic (exact) mass is 417 g/mol. The molecule has 0 unspecified atom stereocenters. The second kappa shape index (κ2) is 7.14. The maximum atomic E-state index is 11.6. The molecule has 5 heteroatoms. The molecule has 0 bridgehead atoms. The van der Waals surface area contributed by atoms with Gasteiger partial charge in [0.05, 0.1) is 13.1 Å². The van der Waals surface area contributed by atoms with Crippen LogP contribution in [0, 0.1) is 0 Å². The van der Waals surface area contributed by atoms with E-state index >= 15 is 0 Å². The van der Waals surface area contributed by atoms with Crippen LogP contribution in [0.2, 0.25) is 0 Å². The minimum atomic E-state index is -0.930. The first-order valence-corrected chi connectivity index (χ1v) is 10.5. The second-order valence-electron chi connectivity index (χ2n) is 6.62. The molecule has 2 aromatic carbocycles. The number of amidine groups is 1. The van der Waals surface area contributed by atoms with Crippen LogP contribution in [0.4, 0.5) is 0 Å². The molecule has 2 aliphatic heterocycles. The van der Waals surface area contributed by atoms with Gasteiger partial charge in [-0.25, -0.2) is 9.48 Å². The first kappa shape index (κ1) is 17.1. The molecule has 2 aromatic rings. The Morgan fingerprint density at radius 3 is 2.64 bits per heavy atom. The molecule has 25 heavy (non-hydrogen) atoms. The molecule has 1 fully saturated rings. The average Bonchev–Trinajstić information content (AvgIpc) is 2.95. The van der Waals surface area contributed by atoms with Crippen LogP contribution in [0.1, 0.15) is 17.5 Å². The summed E-state index contributed by atoms with van der Waals surface area (Å²) in [6, 6.07) is 18.7. The van der Waals surface area contributed by atoms with Gasteiger partial charge in [-0.15, -0.1) is 0 Å². The number of hydrogen-bond donors (Lipinski definition) is 1. The standard InChI is InChI=1S/C20H22BrN2OS/c21-18-9-7-17(8-10-18)20(24)15-22(19-23(20)12-4-14-25-19)13-11-16-5-2-1-3-6-16/h1-3,5-10,24H,4,11-15H2/q+1/t20-/m0/s1. The molecule has 0 amide bonds. The topological polar surface area (TPSA) is 26.5 Å². The molecule has 0 radical (unpaired) electrons. The van der Waals surface area contributed by atoms with E-state index in [-0.39, 0.29) is 0 Å². The summed E-state index contributed by atoms with van der Waals surface area (Å²) in [4.78, 5) is 2.20. The lowest BCUT2D eigenvalue weighted by Crippen LogP contribution is -2.48. The van der Waals surface area contributed by atoms with Crippen LogP contribution in [0.25, 0.3) is 0 Å². The number of nitrogens with zero attached hydrogens (tertiary/aromatic N) is 2. The summed E-state index contributed by atoms with van der Waals surface area (Å²) in [7, 11) is 0. The molecule has 0 aliphatic carbocycles. The smallest absolute Gasteiger partial charge is 0.311 e. The average molecular weight is 418 g/mol. The SMILES string of the molecule is O[C@]1(c2ccc(Br)cc2)C[N+](CCc2ccccc2)=C2SCCCN21. The van der Waals surface area contributed by atoms with Crippen molar-refractivity contribution in [2.45, 2.75) is 18.6 Å². The third-order valence-corrected chi connectivity index (χ3v) is 6.69. The highest BCUT2D eigenvalue weighted by Gasteiger charge is 2.53. The van der Waals surface area contributed by atoms with E-state index in [1.54, 1.807) is 0 Å². The minimum Gasteiger partial charge on any atom is -0.346 e. The summed E-state index contributed by atoms with van der Waals surface area (Å²) >= 11 is 5.36. The summed E-state index contributed by atoms with van der Waals surface area (Å²) in [5.74, 6) is 1.13. The fraction of sp³-hybridized carbons (Fsp3) is 0.350. The Hall–Kier alpha value is -1.30. The lowest BCUT2D eigenvalue weighted by Gasteiger charge is -2.30. The van der Waals surface area contributed by atoms with E-state index in [4.69, 9.17) is 0 Å². The number of rotatable bonds is 4. The first-order valence-electron chi connectivity index (χ1n) is 8.71. The normalized spacial score (nSPS) is 23.0. The first-order chi connectivity index (χ1) is 12.2. The molecule has 1 N–H and O–H groups in total. The van der Waals surface area contributed by atoms with E-state index in [2.05, 4.69) is 55.7 Å². The highest BCUT2D eigenvalue weighted by molar-refractivity contribution is 9.10. The second-order valence-corrected chi connectivity index (χ2v) is 8.59. The molecular formula is C20H22BrN2OS+. The molecule has 0 saturated carbocycles. The third kappa shape index (κ3) is 3.37. The third-order valence-electron chi connectivity index (χ3n) is 4.94. The van der Waals surface area contributed by atoms with E-state index < -0.39 is 5.72 Å². The predicted molar refractivity (Wildman–Crippen MR) is 107 cm³/mol. The van der Waals surface area contributed by atoms with Crippen molar-refractivity contribution in [3.05, 3.63) is 70.2 Å². The van der Waals surface area contributed by atoms with E-state index in [1.165, 1.54) is 10.7 Å². The summed E-state index contributed by atoms with van der Waals surface area (Å²) in [5, 5.41) is 12.8. The number of β-amino-alcohol motifs (C(OH)–C–C–N with tert-alkyl or cyclic N) is 1. The van der Waals surface area contributed by atoms with Gasteiger partial charge in [-0.05, 0) is 35.9 Å². The van der Waals surface area contributed by atoms with Crippen LogP contribution >= 0.6 is 27.7 Å². The van der Waals surface area contributed by atoms with Gasteiger partial charge in [0.15, 0.2) is 6.54 Å². The Balaban J connectivity index is 1.59. The van der Waals surface area contributed by atoms with Gasteiger partial charge >= 0.3 is 5.17 Å². The molecule has 130 valence electrons. The van der Waals surface area contributed by atoms with Crippen LogP contribution in [-0.2, 0) is 12.1 Å². The fourth-order valence-corrected chi connectivity index (χ4v) is 5.09. The Morgan fingerprint density at radius 1 is 1.12 bits per heavy atom. The van der Waals surface area contributed by atoms with Gasteiger partial charge in [0.2, 0.25) is 0 Å². The minimum absolute atomic E-state index is 0.629. The highest BCUT2D eigenvalue weighted by Crippen LogP contribution is 2.37. The van der Waals surface area contributed by atoms with Crippen molar-refractivity contribution in [2.24, 2.45) is 0 Å². The van der Waals surface area contributed by atoms with Gasteiger partial charge in [-0.3, -0.25) is 0 Å². The van der Waals surface area contributed by atoms with Crippen LogP contribution in [-0.4, -0.2) is 45.1 Å². The fourth-order valence-electron chi connectivity index (χ4n) is 3.63. The summed E-state index contributed by atoms with van der Waals surface area (Å²) in [6.07, 6.45) is 2.11. The zero-order chi connectivity index (χ0) is 17.3. The largest absolute Gasteiger partial charge is 0.346 e. The van der Waals surface area contributed by atoms with Gasteiger partial charge in [-0.1, -0.05) is 58.4 Å². The maximum absolute atomic E-state index is 11.6. The quantitative estimate of drug-likeness (QED) is 0.768. The molecule has 2 heterocycles. The van der Waals surface area contributed by atoms with Crippen molar-refractivity contribution in [3.8, 4) is 0 Å². The van der Waals surface area contributed by atoms with Crippen LogP contribution in [0.5, 0.6) is 0 Å². The number of thioether (sulfide) groups is 1. The Bertz CT molecular complexity index is 778. The van der Waals surface area contributed by atoms with Crippen LogP contribution in [0.15, 0.2) is 59.1 Å². The van der Waals surface area contributed by atoms with Crippen molar-refractivity contribution in [1.29, 1.82) is 0 Å². The Morgan fingerprint density at radius 2 is 1.88 bits per heavy atom. The van der Waals surface area contributed by atoms with Gasteiger partial charge < -0.3 is 5.11 Å². The Kier molecular flexibility index (Phi) is 4.89. The van der Waals surface area contributed by atoms with Gasteiger partial charge in [-0.2, -0.15) is 0 Å². The predicted octanol–water partition coefficient (Wildman–Crippen LogP) is 3.66. The van der Waals surface area contributed by atoms with E-state index in [9.17, 15) is 5.11 Å². The zero-order valence-corrected chi connectivity index (χ0v) is 16.5. The maximum Gasteiger partial charge on any atom is 0.311 e. The van der Waals surface area contributed by atoms with Gasteiger partial charge in [0.1, 0.15) is 0 Å². The van der Waals surface area contributed by atoms with Crippen molar-refractivity contribution >= 4 is 32.9 Å². The summed E-state index contributed by atoms with van der Waals surface area (Å²) in [5.41, 5.74) is 1.38. The van der Waals surface area contributed by atoms with Crippen molar-refractivity contribution in [1.82, 2.24) is 4.90 Å².